The molecule has 0 amide bonds. The molecule has 7 heteroatoms. The molecule has 0 aliphatic heterocycles. The predicted molar refractivity (Wildman–Crippen MR) is 73.1 cm³/mol. The number of sulfonamides is 1. The van der Waals surface area contributed by atoms with Gasteiger partial charge in [-0.25, -0.2) is 13.1 Å². The first kappa shape index (κ1) is 15.6. The van der Waals surface area contributed by atoms with Crippen molar-refractivity contribution in [2.75, 3.05) is 19.8 Å². The molecule has 0 aliphatic rings. The lowest BCUT2D eigenvalue weighted by Gasteiger charge is -2.05. The molecule has 0 saturated heterocycles. The maximum Gasteiger partial charge on any atom is 0.250 e. The normalized spacial score (nSPS) is 11.9. The fraction of sp³-hybridized carbons (Fsp3) is 0.636. The molecule has 1 rings (SSSR count). The van der Waals surface area contributed by atoms with E-state index in [1.54, 1.807) is 12.1 Å². The van der Waals surface area contributed by atoms with Crippen molar-refractivity contribution in [1.29, 1.82) is 0 Å². The van der Waals surface area contributed by atoms with Crippen LogP contribution in [0.2, 0.25) is 0 Å². The van der Waals surface area contributed by atoms with E-state index in [-0.39, 0.29) is 0 Å². The highest BCUT2D eigenvalue weighted by Gasteiger charge is 2.15. The number of ether oxygens (including phenoxy) is 1. The van der Waals surface area contributed by atoms with Crippen LogP contribution in [0.3, 0.4) is 0 Å². The molecule has 1 aromatic heterocycles. The van der Waals surface area contributed by atoms with E-state index >= 15 is 0 Å². The molecule has 18 heavy (non-hydrogen) atoms. The Kier molecular flexibility index (Phi) is 6.80. The molecule has 0 spiro atoms. The third-order valence-electron chi connectivity index (χ3n) is 2.28. The highest BCUT2D eigenvalue weighted by molar-refractivity contribution is 7.91. The van der Waals surface area contributed by atoms with E-state index in [1.165, 1.54) is 11.3 Å². The fourth-order valence-corrected chi connectivity index (χ4v) is 3.57. The molecule has 0 bridgehead atoms. The molecular weight excluding hydrogens is 272 g/mol. The van der Waals surface area contributed by atoms with Crippen molar-refractivity contribution >= 4 is 21.4 Å². The Morgan fingerprint density at radius 1 is 1.39 bits per heavy atom. The smallest absolute Gasteiger partial charge is 0.250 e. The van der Waals surface area contributed by atoms with Gasteiger partial charge in [0.15, 0.2) is 0 Å². The molecule has 0 aliphatic carbocycles. The Balaban J connectivity index is 2.36. The average molecular weight is 292 g/mol. The Labute approximate surface area is 112 Å². The van der Waals surface area contributed by atoms with Gasteiger partial charge in [-0.2, -0.15) is 0 Å². The molecule has 5 nitrogen and oxygen atoms in total. The van der Waals surface area contributed by atoms with Crippen LogP contribution in [0, 0.1) is 0 Å². The van der Waals surface area contributed by atoms with Gasteiger partial charge in [0.25, 0.3) is 0 Å². The average Bonchev–Trinajstić information content (AvgIpc) is 2.83. The van der Waals surface area contributed by atoms with E-state index in [9.17, 15) is 8.42 Å². The van der Waals surface area contributed by atoms with Crippen LogP contribution in [0.1, 0.15) is 24.6 Å². The summed E-state index contributed by atoms with van der Waals surface area (Å²) >= 11 is 1.20. The molecule has 0 aromatic carbocycles. The molecule has 0 saturated carbocycles. The van der Waals surface area contributed by atoms with Crippen LogP contribution in [-0.2, 0) is 21.3 Å². The Hall–Kier alpha value is -0.470. The Morgan fingerprint density at radius 2 is 2.17 bits per heavy atom. The van der Waals surface area contributed by atoms with Gasteiger partial charge in [0.2, 0.25) is 10.0 Å². The summed E-state index contributed by atoms with van der Waals surface area (Å²) in [5, 5.41) is 0. The van der Waals surface area contributed by atoms with E-state index in [1.807, 2.05) is 0 Å². The topological polar surface area (TPSA) is 81.4 Å². The lowest BCUT2D eigenvalue weighted by molar-refractivity contribution is 0.136. The van der Waals surface area contributed by atoms with Crippen molar-refractivity contribution in [3.63, 3.8) is 0 Å². The summed E-state index contributed by atoms with van der Waals surface area (Å²) in [4.78, 5) is 0.856. The van der Waals surface area contributed by atoms with Gasteiger partial charge in [-0.3, -0.25) is 0 Å². The van der Waals surface area contributed by atoms with Gasteiger partial charge in [0.1, 0.15) is 4.21 Å². The minimum Gasteiger partial charge on any atom is -0.380 e. The van der Waals surface area contributed by atoms with Gasteiger partial charge in [-0.15, -0.1) is 11.3 Å². The van der Waals surface area contributed by atoms with E-state index in [2.05, 4.69) is 11.6 Å². The monoisotopic (exact) mass is 292 g/mol. The molecule has 0 unspecified atom stereocenters. The van der Waals surface area contributed by atoms with Crippen molar-refractivity contribution < 1.29 is 13.2 Å². The first-order chi connectivity index (χ1) is 8.60. The van der Waals surface area contributed by atoms with Crippen molar-refractivity contribution in [2.45, 2.75) is 30.5 Å². The van der Waals surface area contributed by atoms with Crippen LogP contribution in [0.4, 0.5) is 0 Å². The largest absolute Gasteiger partial charge is 0.380 e. The zero-order valence-electron chi connectivity index (χ0n) is 10.5. The fourth-order valence-electron chi connectivity index (χ4n) is 1.28. The van der Waals surface area contributed by atoms with Crippen molar-refractivity contribution in [3.05, 3.63) is 17.0 Å². The number of nitrogens with one attached hydrogen (secondary N) is 1. The van der Waals surface area contributed by atoms with E-state index < -0.39 is 10.0 Å². The van der Waals surface area contributed by atoms with Crippen molar-refractivity contribution in [1.82, 2.24) is 4.72 Å². The van der Waals surface area contributed by atoms with Gasteiger partial charge >= 0.3 is 0 Å². The quantitative estimate of drug-likeness (QED) is 0.672. The van der Waals surface area contributed by atoms with Crippen molar-refractivity contribution in [3.8, 4) is 0 Å². The van der Waals surface area contributed by atoms with Crippen molar-refractivity contribution in [2.24, 2.45) is 5.73 Å². The summed E-state index contributed by atoms with van der Waals surface area (Å²) in [5.41, 5.74) is 5.45. The van der Waals surface area contributed by atoms with Gasteiger partial charge in [-0.05, 0) is 18.6 Å². The van der Waals surface area contributed by atoms with Crippen LogP contribution in [0.5, 0.6) is 0 Å². The van der Waals surface area contributed by atoms with E-state index in [0.29, 0.717) is 30.5 Å². The Bertz CT molecular complexity index is 443. The summed E-state index contributed by atoms with van der Waals surface area (Å²) in [6.07, 6.45) is 2.07. The van der Waals surface area contributed by atoms with Gasteiger partial charge in [-0.1, -0.05) is 13.3 Å². The standard InChI is InChI=1S/C11H20N2O3S2/c1-2-3-7-16-8-6-13-18(14,15)11-5-4-10(9-12)17-11/h4-5,13H,2-3,6-9,12H2,1H3. The van der Waals surface area contributed by atoms with Gasteiger partial charge in [0, 0.05) is 24.6 Å². The first-order valence-electron chi connectivity index (χ1n) is 5.96. The number of hydrogen-bond donors (Lipinski definition) is 2. The van der Waals surface area contributed by atoms with Crippen LogP contribution in [0.15, 0.2) is 16.3 Å². The zero-order valence-corrected chi connectivity index (χ0v) is 12.1. The second-order valence-corrected chi connectivity index (χ2v) is 6.95. The summed E-state index contributed by atoms with van der Waals surface area (Å²) in [7, 11) is -3.41. The molecule has 1 aromatic rings. The molecule has 1 heterocycles. The maximum absolute atomic E-state index is 11.9. The summed E-state index contributed by atoms with van der Waals surface area (Å²) in [6.45, 7) is 3.81. The van der Waals surface area contributed by atoms with Crippen LogP contribution in [0.25, 0.3) is 0 Å². The molecular formula is C11H20N2O3S2. The highest BCUT2D eigenvalue weighted by atomic mass is 32.2. The van der Waals surface area contributed by atoms with Crippen LogP contribution in [-0.4, -0.2) is 28.2 Å². The van der Waals surface area contributed by atoms with Gasteiger partial charge in [0.05, 0.1) is 6.61 Å². The molecule has 0 radical (unpaired) electrons. The third-order valence-corrected chi connectivity index (χ3v) is 5.34. The summed E-state index contributed by atoms with van der Waals surface area (Å²) < 4.78 is 31.8. The van der Waals surface area contributed by atoms with E-state index in [4.69, 9.17) is 10.5 Å². The molecule has 0 fully saturated rings. The molecule has 104 valence electrons. The molecule has 3 N–H and O–H groups in total. The Morgan fingerprint density at radius 3 is 2.78 bits per heavy atom. The number of nitrogens with two attached hydrogens (primary N) is 1. The highest BCUT2D eigenvalue weighted by Crippen LogP contribution is 2.20. The number of rotatable bonds is 9. The maximum atomic E-state index is 11.9. The zero-order chi connectivity index (χ0) is 13.4. The van der Waals surface area contributed by atoms with Gasteiger partial charge < -0.3 is 10.5 Å². The lowest BCUT2D eigenvalue weighted by Crippen LogP contribution is -2.26. The van der Waals surface area contributed by atoms with Crippen LogP contribution >= 0.6 is 11.3 Å². The number of unbranched alkanes of at least 4 members (excludes halogenated alkanes) is 1. The second kappa shape index (κ2) is 7.85. The van der Waals surface area contributed by atoms with E-state index in [0.717, 1.165) is 17.7 Å². The van der Waals surface area contributed by atoms with Crippen LogP contribution < -0.4 is 10.5 Å². The number of thiophene rings is 1. The third kappa shape index (κ3) is 5.03. The SMILES string of the molecule is CCCCOCCNS(=O)(=O)c1ccc(CN)s1. The lowest BCUT2D eigenvalue weighted by atomic mass is 10.4. The first-order valence-corrected chi connectivity index (χ1v) is 8.26. The molecule has 0 atom stereocenters. The predicted octanol–water partition coefficient (Wildman–Crippen LogP) is 1.30. The number of hydrogen-bond acceptors (Lipinski definition) is 5. The summed E-state index contributed by atoms with van der Waals surface area (Å²) in [6, 6.07) is 3.31. The minimum atomic E-state index is -3.41. The summed E-state index contributed by atoms with van der Waals surface area (Å²) in [5.74, 6) is 0. The second-order valence-electron chi connectivity index (χ2n) is 3.79. The minimum absolute atomic E-state index is 0.294.